The summed E-state index contributed by atoms with van der Waals surface area (Å²) in [6.45, 7) is 5.82. The molecule has 0 saturated carbocycles. The molecular weight excluding hydrogens is 338 g/mol. The summed E-state index contributed by atoms with van der Waals surface area (Å²) in [6.07, 6.45) is 0. The van der Waals surface area contributed by atoms with Crippen LogP contribution >= 0.6 is 27.3 Å². The van der Waals surface area contributed by atoms with E-state index >= 15 is 0 Å². The van der Waals surface area contributed by atoms with Crippen molar-refractivity contribution < 1.29 is 4.79 Å². The molecule has 20 heavy (non-hydrogen) atoms. The van der Waals surface area contributed by atoms with Crippen LogP contribution in [-0.4, -0.2) is 10.9 Å². The summed E-state index contributed by atoms with van der Waals surface area (Å²) in [6, 6.07) is 3.83. The van der Waals surface area contributed by atoms with Crippen molar-refractivity contribution in [2.45, 2.75) is 26.8 Å². The Hall–Kier alpha value is -1.24. The summed E-state index contributed by atoms with van der Waals surface area (Å²) in [5.41, 5.74) is 9.07. The number of aryl methyl sites for hydroxylation is 2. The minimum atomic E-state index is -0.221. The van der Waals surface area contributed by atoms with Crippen molar-refractivity contribution in [1.82, 2.24) is 4.98 Å². The molecule has 106 valence electrons. The van der Waals surface area contributed by atoms with Crippen LogP contribution in [-0.2, 0) is 0 Å². The molecule has 1 aromatic carbocycles. The van der Waals surface area contributed by atoms with Crippen LogP contribution in [0.25, 0.3) is 0 Å². The Morgan fingerprint density at radius 1 is 1.45 bits per heavy atom. The van der Waals surface area contributed by atoms with Crippen molar-refractivity contribution in [3.8, 4) is 0 Å². The summed E-state index contributed by atoms with van der Waals surface area (Å²) in [5.74, 6) is -0.221. The highest BCUT2D eigenvalue weighted by molar-refractivity contribution is 9.10. The summed E-state index contributed by atoms with van der Waals surface area (Å²) in [7, 11) is 0. The number of hydrogen-bond donors (Lipinski definition) is 2. The number of nitrogens with two attached hydrogens (primary N) is 1. The van der Waals surface area contributed by atoms with Crippen LogP contribution in [0.15, 0.2) is 22.0 Å². The number of nitrogens with zero attached hydrogens (tertiary/aromatic N) is 1. The molecular formula is C14H16BrN3OS. The van der Waals surface area contributed by atoms with E-state index in [1.807, 2.05) is 32.9 Å². The molecule has 0 fully saturated rings. The lowest BCUT2D eigenvalue weighted by Crippen LogP contribution is -2.14. The number of anilines is 1. The van der Waals surface area contributed by atoms with Gasteiger partial charge in [0.25, 0.3) is 5.91 Å². The highest BCUT2D eigenvalue weighted by atomic mass is 79.9. The first-order chi connectivity index (χ1) is 9.38. The van der Waals surface area contributed by atoms with Crippen LogP contribution in [0.1, 0.15) is 39.6 Å². The SMILES string of the molecule is Cc1cc(C)c(NC(=O)c2csc(C(C)N)n2)c(Br)c1. The number of halogens is 1. The second-order valence-corrected chi connectivity index (χ2v) is 6.50. The topological polar surface area (TPSA) is 68.0 Å². The number of carbonyl (C=O) groups is 1. The van der Waals surface area contributed by atoms with Crippen molar-refractivity contribution in [3.63, 3.8) is 0 Å². The molecule has 6 heteroatoms. The maximum absolute atomic E-state index is 12.2. The molecule has 1 amide bonds. The zero-order chi connectivity index (χ0) is 14.9. The fourth-order valence-electron chi connectivity index (χ4n) is 1.85. The van der Waals surface area contributed by atoms with Crippen LogP contribution in [0.2, 0.25) is 0 Å². The molecule has 0 aliphatic carbocycles. The lowest BCUT2D eigenvalue weighted by Gasteiger charge is -2.10. The minimum Gasteiger partial charge on any atom is -0.322 e. The maximum Gasteiger partial charge on any atom is 0.275 e. The fourth-order valence-corrected chi connectivity index (χ4v) is 3.38. The highest BCUT2D eigenvalue weighted by Crippen LogP contribution is 2.28. The van der Waals surface area contributed by atoms with Crippen LogP contribution in [0.5, 0.6) is 0 Å². The molecule has 1 unspecified atom stereocenters. The second-order valence-electron chi connectivity index (χ2n) is 4.75. The molecule has 0 saturated heterocycles. The van der Waals surface area contributed by atoms with Gasteiger partial charge in [0, 0.05) is 9.85 Å². The molecule has 0 bridgehead atoms. The quantitative estimate of drug-likeness (QED) is 0.881. The zero-order valence-electron chi connectivity index (χ0n) is 11.5. The minimum absolute atomic E-state index is 0.158. The molecule has 0 aliphatic heterocycles. The Balaban J connectivity index is 2.23. The third-order valence-corrected chi connectivity index (χ3v) is 4.49. The van der Waals surface area contributed by atoms with Gasteiger partial charge < -0.3 is 11.1 Å². The summed E-state index contributed by atoms with van der Waals surface area (Å²) in [4.78, 5) is 16.5. The lowest BCUT2D eigenvalue weighted by atomic mass is 10.1. The molecule has 1 aromatic heterocycles. The standard InChI is InChI=1S/C14H16BrN3OS/c1-7-4-8(2)12(10(15)5-7)18-13(19)11-6-20-14(17-11)9(3)16/h4-6,9H,16H2,1-3H3,(H,18,19). The van der Waals surface area contributed by atoms with Gasteiger partial charge >= 0.3 is 0 Å². The van der Waals surface area contributed by atoms with Gasteiger partial charge in [0.15, 0.2) is 0 Å². The van der Waals surface area contributed by atoms with E-state index in [-0.39, 0.29) is 11.9 Å². The number of benzene rings is 1. The number of aromatic nitrogens is 1. The Labute approximate surface area is 130 Å². The smallest absolute Gasteiger partial charge is 0.275 e. The van der Waals surface area contributed by atoms with Crippen LogP contribution < -0.4 is 11.1 Å². The summed E-state index contributed by atoms with van der Waals surface area (Å²) < 4.78 is 0.867. The van der Waals surface area contributed by atoms with Gasteiger partial charge in [-0.15, -0.1) is 11.3 Å². The van der Waals surface area contributed by atoms with Crippen molar-refractivity contribution in [2.24, 2.45) is 5.73 Å². The second kappa shape index (κ2) is 6.03. The van der Waals surface area contributed by atoms with E-state index in [4.69, 9.17) is 5.73 Å². The molecule has 2 rings (SSSR count). The van der Waals surface area contributed by atoms with Gasteiger partial charge in [-0.1, -0.05) is 6.07 Å². The van der Waals surface area contributed by atoms with Crippen LogP contribution in [0.3, 0.4) is 0 Å². The van der Waals surface area contributed by atoms with E-state index in [0.29, 0.717) is 5.69 Å². The largest absolute Gasteiger partial charge is 0.322 e. The van der Waals surface area contributed by atoms with Gasteiger partial charge in [0.05, 0.1) is 11.7 Å². The molecule has 1 heterocycles. The highest BCUT2D eigenvalue weighted by Gasteiger charge is 2.15. The van der Waals surface area contributed by atoms with E-state index in [0.717, 1.165) is 26.3 Å². The number of thiazole rings is 1. The molecule has 1 atom stereocenters. The molecule has 0 radical (unpaired) electrons. The molecule has 2 aromatic rings. The van der Waals surface area contributed by atoms with Crippen molar-refractivity contribution in [2.75, 3.05) is 5.32 Å². The van der Waals surface area contributed by atoms with Crippen LogP contribution in [0.4, 0.5) is 5.69 Å². The fraction of sp³-hybridized carbons (Fsp3) is 0.286. The lowest BCUT2D eigenvalue weighted by molar-refractivity contribution is 0.102. The van der Waals surface area contributed by atoms with E-state index in [2.05, 4.69) is 26.2 Å². The first-order valence-electron chi connectivity index (χ1n) is 6.17. The molecule has 4 nitrogen and oxygen atoms in total. The van der Waals surface area contributed by atoms with Gasteiger partial charge in [0.2, 0.25) is 0 Å². The van der Waals surface area contributed by atoms with Gasteiger partial charge in [-0.05, 0) is 53.9 Å². The van der Waals surface area contributed by atoms with Crippen molar-refractivity contribution >= 4 is 38.9 Å². The first kappa shape index (κ1) is 15.2. The Bertz CT molecular complexity index is 629. The number of amides is 1. The number of rotatable bonds is 3. The first-order valence-corrected chi connectivity index (χ1v) is 7.85. The number of carbonyl (C=O) groups excluding carboxylic acids is 1. The summed E-state index contributed by atoms with van der Waals surface area (Å²) >= 11 is 4.87. The normalized spacial score (nSPS) is 12.2. The van der Waals surface area contributed by atoms with Gasteiger partial charge in [-0.2, -0.15) is 0 Å². The zero-order valence-corrected chi connectivity index (χ0v) is 13.9. The third-order valence-electron chi connectivity index (χ3n) is 2.81. The average Bonchev–Trinajstić information content (AvgIpc) is 2.83. The number of hydrogen-bond acceptors (Lipinski definition) is 4. The van der Waals surface area contributed by atoms with E-state index in [1.54, 1.807) is 5.38 Å². The number of nitrogens with one attached hydrogen (secondary N) is 1. The Morgan fingerprint density at radius 3 is 2.70 bits per heavy atom. The Morgan fingerprint density at radius 2 is 2.15 bits per heavy atom. The third kappa shape index (κ3) is 3.26. The molecule has 0 spiro atoms. The molecule has 0 aliphatic rings. The van der Waals surface area contributed by atoms with E-state index < -0.39 is 0 Å². The van der Waals surface area contributed by atoms with E-state index in [9.17, 15) is 4.79 Å². The van der Waals surface area contributed by atoms with E-state index in [1.165, 1.54) is 11.3 Å². The van der Waals surface area contributed by atoms with Crippen molar-refractivity contribution in [1.29, 1.82) is 0 Å². The van der Waals surface area contributed by atoms with Crippen LogP contribution in [0, 0.1) is 13.8 Å². The van der Waals surface area contributed by atoms with Crippen molar-refractivity contribution in [3.05, 3.63) is 43.8 Å². The van der Waals surface area contributed by atoms with Gasteiger partial charge in [-0.3, -0.25) is 4.79 Å². The van der Waals surface area contributed by atoms with Gasteiger partial charge in [0.1, 0.15) is 10.7 Å². The Kier molecular flexibility index (Phi) is 4.57. The molecule has 3 N–H and O–H groups in total. The maximum atomic E-state index is 12.2. The average molecular weight is 354 g/mol. The van der Waals surface area contributed by atoms with Gasteiger partial charge in [-0.25, -0.2) is 4.98 Å². The summed E-state index contributed by atoms with van der Waals surface area (Å²) in [5, 5.41) is 5.38. The monoisotopic (exact) mass is 353 g/mol. The predicted molar refractivity (Wildman–Crippen MR) is 86.3 cm³/mol. The predicted octanol–water partition coefficient (Wildman–Crippen LogP) is 3.79.